The Kier molecular flexibility index (Phi) is 4.16. The number of carbonyl (C=O) groups excluding carboxylic acids is 2. The van der Waals surface area contributed by atoms with Crippen LogP contribution in [0, 0.1) is 0 Å². The Hall–Kier alpha value is -2.96. The number of aryl methyl sites for hydroxylation is 1. The Morgan fingerprint density at radius 1 is 1.42 bits per heavy atom. The van der Waals surface area contributed by atoms with Gasteiger partial charge in [0, 0.05) is 0 Å². The molecule has 24 heavy (non-hydrogen) atoms. The van der Waals surface area contributed by atoms with Crippen molar-refractivity contribution < 1.29 is 19.4 Å². The SMILES string of the molecule is C=C1NC(=O)NC(C(=O)N[C@H]2CCCc3ccc(OC)cc32)=C1O. The standard InChI is InChI=1S/C17H19N3O4/c1-9-15(21)14(20-17(23)18-9)16(22)19-13-5-3-4-10-6-7-11(24-2)8-12(10)13/h6-8,13,21H,1,3-5H2,2H3,(H,19,22)(H2,18,20,23)/t13-/m0/s1. The summed E-state index contributed by atoms with van der Waals surface area (Å²) >= 11 is 0. The van der Waals surface area contributed by atoms with Crippen molar-refractivity contribution in [3.05, 3.63) is 53.1 Å². The van der Waals surface area contributed by atoms with Gasteiger partial charge in [-0.25, -0.2) is 4.79 Å². The van der Waals surface area contributed by atoms with Crippen LogP contribution in [0.15, 0.2) is 41.9 Å². The number of methoxy groups -OCH3 is 1. The number of carbonyl (C=O) groups is 2. The van der Waals surface area contributed by atoms with Crippen LogP contribution in [0.2, 0.25) is 0 Å². The van der Waals surface area contributed by atoms with Crippen LogP contribution in [-0.2, 0) is 11.2 Å². The molecule has 2 aliphatic rings. The van der Waals surface area contributed by atoms with Crippen LogP contribution in [0.3, 0.4) is 0 Å². The normalized spacial score (nSPS) is 20.0. The summed E-state index contributed by atoms with van der Waals surface area (Å²) in [4.78, 5) is 24.0. The molecule has 1 heterocycles. The van der Waals surface area contributed by atoms with Crippen molar-refractivity contribution in [3.8, 4) is 5.75 Å². The number of ether oxygens (including phenoxy) is 1. The van der Waals surface area contributed by atoms with E-state index in [2.05, 4.69) is 22.5 Å². The molecule has 1 aliphatic heterocycles. The van der Waals surface area contributed by atoms with Gasteiger partial charge in [0.15, 0.2) is 11.5 Å². The highest BCUT2D eigenvalue weighted by Crippen LogP contribution is 2.32. The molecule has 1 aromatic carbocycles. The van der Waals surface area contributed by atoms with E-state index in [-0.39, 0.29) is 23.2 Å². The van der Waals surface area contributed by atoms with E-state index in [1.54, 1.807) is 7.11 Å². The second kappa shape index (κ2) is 6.27. The van der Waals surface area contributed by atoms with E-state index in [1.807, 2.05) is 18.2 Å². The van der Waals surface area contributed by atoms with E-state index < -0.39 is 11.9 Å². The Bertz CT molecular complexity index is 754. The van der Waals surface area contributed by atoms with E-state index in [4.69, 9.17) is 4.74 Å². The molecular weight excluding hydrogens is 310 g/mol. The molecular formula is C17H19N3O4. The van der Waals surface area contributed by atoms with Gasteiger partial charge in [0.1, 0.15) is 5.75 Å². The first kappa shape index (κ1) is 15.9. The van der Waals surface area contributed by atoms with E-state index in [0.29, 0.717) is 0 Å². The molecule has 0 unspecified atom stereocenters. The second-order valence-electron chi connectivity index (χ2n) is 5.76. The van der Waals surface area contributed by atoms with Gasteiger partial charge in [0.05, 0.1) is 18.8 Å². The number of aliphatic hydroxyl groups is 1. The minimum absolute atomic E-state index is 0.00499. The van der Waals surface area contributed by atoms with Crippen LogP contribution in [-0.4, -0.2) is 24.2 Å². The molecule has 1 atom stereocenters. The number of benzene rings is 1. The minimum Gasteiger partial charge on any atom is -0.504 e. The molecule has 1 aromatic rings. The van der Waals surface area contributed by atoms with Gasteiger partial charge < -0.3 is 20.5 Å². The molecule has 7 nitrogen and oxygen atoms in total. The molecule has 0 saturated carbocycles. The number of urea groups is 1. The van der Waals surface area contributed by atoms with Gasteiger partial charge >= 0.3 is 6.03 Å². The summed E-state index contributed by atoms with van der Waals surface area (Å²) < 4.78 is 5.26. The summed E-state index contributed by atoms with van der Waals surface area (Å²) in [5.41, 5.74) is 1.95. The zero-order valence-corrected chi connectivity index (χ0v) is 13.3. The van der Waals surface area contributed by atoms with Gasteiger partial charge in [0.25, 0.3) is 5.91 Å². The van der Waals surface area contributed by atoms with Gasteiger partial charge in [-0.1, -0.05) is 12.6 Å². The summed E-state index contributed by atoms with van der Waals surface area (Å²) in [6, 6.07) is 4.99. The first-order valence-corrected chi connectivity index (χ1v) is 7.67. The fourth-order valence-corrected chi connectivity index (χ4v) is 3.00. The van der Waals surface area contributed by atoms with E-state index in [0.717, 1.165) is 36.1 Å². The predicted octanol–water partition coefficient (Wildman–Crippen LogP) is 1.78. The first-order chi connectivity index (χ1) is 11.5. The molecule has 1 aliphatic carbocycles. The quantitative estimate of drug-likeness (QED) is 0.679. The van der Waals surface area contributed by atoms with Gasteiger partial charge in [-0.3, -0.25) is 10.1 Å². The lowest BCUT2D eigenvalue weighted by atomic mass is 9.87. The maximum absolute atomic E-state index is 12.5. The maximum Gasteiger partial charge on any atom is 0.324 e. The van der Waals surface area contributed by atoms with Crippen molar-refractivity contribution in [2.45, 2.75) is 25.3 Å². The van der Waals surface area contributed by atoms with Gasteiger partial charge in [-0.05, 0) is 42.5 Å². The van der Waals surface area contributed by atoms with Crippen molar-refractivity contribution in [2.75, 3.05) is 7.11 Å². The molecule has 0 aromatic heterocycles. The summed E-state index contributed by atoms with van der Waals surface area (Å²) in [5.74, 6) is -0.196. The smallest absolute Gasteiger partial charge is 0.324 e. The molecule has 0 fully saturated rings. The number of fused-ring (bicyclic) bond motifs is 1. The summed E-state index contributed by atoms with van der Waals surface area (Å²) in [6.07, 6.45) is 2.65. The van der Waals surface area contributed by atoms with Crippen LogP contribution >= 0.6 is 0 Å². The average molecular weight is 329 g/mol. The highest BCUT2D eigenvalue weighted by Gasteiger charge is 2.29. The zero-order chi connectivity index (χ0) is 17.3. The van der Waals surface area contributed by atoms with Crippen LogP contribution < -0.4 is 20.7 Å². The topological polar surface area (TPSA) is 99.7 Å². The van der Waals surface area contributed by atoms with Gasteiger partial charge in [-0.15, -0.1) is 0 Å². The third kappa shape index (κ3) is 2.92. The van der Waals surface area contributed by atoms with Crippen molar-refractivity contribution in [1.82, 2.24) is 16.0 Å². The fourth-order valence-electron chi connectivity index (χ4n) is 3.00. The van der Waals surface area contributed by atoms with E-state index >= 15 is 0 Å². The Morgan fingerprint density at radius 3 is 2.96 bits per heavy atom. The van der Waals surface area contributed by atoms with Crippen molar-refractivity contribution >= 4 is 11.9 Å². The highest BCUT2D eigenvalue weighted by molar-refractivity contribution is 6.00. The van der Waals surface area contributed by atoms with Crippen LogP contribution in [0.5, 0.6) is 5.75 Å². The highest BCUT2D eigenvalue weighted by atomic mass is 16.5. The number of nitrogens with one attached hydrogen (secondary N) is 3. The monoisotopic (exact) mass is 329 g/mol. The summed E-state index contributed by atoms with van der Waals surface area (Å²) in [5, 5.41) is 17.4. The molecule has 3 rings (SSSR count). The molecule has 4 N–H and O–H groups in total. The lowest BCUT2D eigenvalue weighted by molar-refractivity contribution is -0.118. The Labute approximate surface area is 139 Å². The summed E-state index contributed by atoms with van der Waals surface area (Å²) in [6.45, 7) is 3.51. The Morgan fingerprint density at radius 2 is 2.21 bits per heavy atom. The van der Waals surface area contributed by atoms with Crippen LogP contribution in [0.4, 0.5) is 4.79 Å². The summed E-state index contributed by atoms with van der Waals surface area (Å²) in [7, 11) is 1.59. The zero-order valence-electron chi connectivity index (χ0n) is 13.3. The van der Waals surface area contributed by atoms with Crippen LogP contribution in [0.25, 0.3) is 0 Å². The molecule has 0 bridgehead atoms. The largest absolute Gasteiger partial charge is 0.504 e. The molecule has 7 heteroatoms. The molecule has 0 radical (unpaired) electrons. The lowest BCUT2D eigenvalue weighted by Crippen LogP contribution is -2.46. The molecule has 126 valence electrons. The van der Waals surface area contributed by atoms with Crippen molar-refractivity contribution in [2.24, 2.45) is 0 Å². The van der Waals surface area contributed by atoms with Gasteiger partial charge in [0.2, 0.25) is 0 Å². The number of amides is 3. The first-order valence-electron chi connectivity index (χ1n) is 7.67. The van der Waals surface area contributed by atoms with Crippen molar-refractivity contribution in [3.63, 3.8) is 0 Å². The van der Waals surface area contributed by atoms with Crippen LogP contribution in [0.1, 0.15) is 30.0 Å². The molecule has 0 saturated heterocycles. The minimum atomic E-state index is -0.603. The average Bonchev–Trinajstić information content (AvgIpc) is 2.57. The Balaban J connectivity index is 1.85. The number of hydrogen-bond acceptors (Lipinski definition) is 4. The number of hydrogen-bond donors (Lipinski definition) is 4. The maximum atomic E-state index is 12.5. The van der Waals surface area contributed by atoms with Gasteiger partial charge in [-0.2, -0.15) is 0 Å². The fraction of sp³-hybridized carbons (Fsp3) is 0.294. The molecule has 3 amide bonds. The predicted molar refractivity (Wildman–Crippen MR) is 87.3 cm³/mol. The second-order valence-corrected chi connectivity index (χ2v) is 5.76. The number of aliphatic hydroxyl groups excluding tert-OH is 1. The molecule has 0 spiro atoms. The third-order valence-corrected chi connectivity index (χ3v) is 4.23. The number of rotatable bonds is 3. The third-order valence-electron chi connectivity index (χ3n) is 4.23. The van der Waals surface area contributed by atoms with E-state index in [1.165, 1.54) is 0 Å². The van der Waals surface area contributed by atoms with Crippen molar-refractivity contribution in [1.29, 1.82) is 0 Å². The lowest BCUT2D eigenvalue weighted by Gasteiger charge is -2.28. The van der Waals surface area contributed by atoms with E-state index in [9.17, 15) is 14.7 Å².